The summed E-state index contributed by atoms with van der Waals surface area (Å²) >= 11 is 0. The summed E-state index contributed by atoms with van der Waals surface area (Å²) < 4.78 is 5.45. The predicted molar refractivity (Wildman–Crippen MR) is 60.2 cm³/mol. The van der Waals surface area contributed by atoms with Crippen LogP contribution in [0.4, 0.5) is 0 Å². The predicted octanol–water partition coefficient (Wildman–Crippen LogP) is 0.330. The Morgan fingerprint density at radius 3 is 2.14 bits per heavy atom. The summed E-state index contributed by atoms with van der Waals surface area (Å²) in [6.45, 7) is 5.56. The third kappa shape index (κ3) is 2.63. The highest BCUT2D eigenvalue weighted by Crippen LogP contribution is 2.19. The molecule has 0 saturated heterocycles. The lowest BCUT2D eigenvalue weighted by Crippen LogP contribution is -2.63. The minimum Gasteiger partial charge on any atom is -0.411 e. The van der Waals surface area contributed by atoms with Crippen LogP contribution < -0.4 is 11.5 Å². The second-order valence-corrected chi connectivity index (χ2v) is 7.88. The number of hydrogen-bond acceptors (Lipinski definition) is 4. The maximum atomic E-state index is 12.0. The summed E-state index contributed by atoms with van der Waals surface area (Å²) in [5, 5.41) is 0.0249. The van der Waals surface area contributed by atoms with Crippen molar-refractivity contribution in [2.24, 2.45) is 11.5 Å². The van der Waals surface area contributed by atoms with Gasteiger partial charge in [0.2, 0.25) is 0 Å². The molecule has 3 unspecified atom stereocenters. The summed E-state index contributed by atoms with van der Waals surface area (Å²) in [5.74, 6) is 0. The molecule has 0 aliphatic rings. The molecule has 0 amide bonds. The maximum absolute atomic E-state index is 12.0. The molecule has 0 saturated carbocycles. The Morgan fingerprint density at radius 1 is 1.43 bits per heavy atom. The van der Waals surface area contributed by atoms with Gasteiger partial charge in [0, 0.05) is 12.8 Å². The Bertz CT molecular complexity index is 197. The van der Waals surface area contributed by atoms with Gasteiger partial charge in [-0.3, -0.25) is 0 Å². The highest BCUT2D eigenvalue weighted by Gasteiger charge is 2.46. The van der Waals surface area contributed by atoms with Crippen LogP contribution in [0.3, 0.4) is 0 Å². The van der Waals surface area contributed by atoms with Crippen LogP contribution in [0.2, 0.25) is 6.04 Å². The van der Waals surface area contributed by atoms with Crippen LogP contribution in [0, 0.1) is 0 Å². The first-order chi connectivity index (χ1) is 6.42. The van der Waals surface area contributed by atoms with Gasteiger partial charge < -0.3 is 20.7 Å². The van der Waals surface area contributed by atoms with Crippen LogP contribution in [-0.2, 0) is 9.22 Å². The van der Waals surface area contributed by atoms with Gasteiger partial charge in [0.15, 0.2) is 5.41 Å². The molecule has 0 spiro atoms. The average Bonchev–Trinajstić information content (AvgIpc) is 2.12. The second-order valence-electron chi connectivity index (χ2n) is 3.79. The molecule has 0 fully saturated rings. The molecule has 0 radical (unpaired) electrons. The van der Waals surface area contributed by atoms with E-state index >= 15 is 0 Å². The van der Waals surface area contributed by atoms with E-state index in [0.717, 1.165) is 12.5 Å². The summed E-state index contributed by atoms with van der Waals surface area (Å²) in [5.41, 5.74) is 11.3. The fourth-order valence-electron chi connectivity index (χ4n) is 1.72. The molecular weight excluding hydrogens is 196 g/mol. The van der Waals surface area contributed by atoms with Crippen LogP contribution in [0.25, 0.3) is 0 Å². The maximum Gasteiger partial charge on any atom is 0.282 e. The van der Waals surface area contributed by atoms with Crippen molar-refractivity contribution in [1.29, 1.82) is 0 Å². The SMILES string of the molecule is CCC[Si](OC)(C(=O)C(C)N)C(C)N. The van der Waals surface area contributed by atoms with Crippen molar-refractivity contribution in [1.82, 2.24) is 0 Å². The second kappa shape index (κ2) is 5.60. The summed E-state index contributed by atoms with van der Waals surface area (Å²) in [6.07, 6.45) is 0.903. The van der Waals surface area contributed by atoms with E-state index in [1.807, 2.05) is 13.8 Å². The van der Waals surface area contributed by atoms with Crippen LogP contribution >= 0.6 is 0 Å². The fraction of sp³-hybridized carbons (Fsp3) is 0.889. The van der Waals surface area contributed by atoms with Crippen molar-refractivity contribution in [3.63, 3.8) is 0 Å². The zero-order chi connectivity index (χ0) is 11.4. The van der Waals surface area contributed by atoms with Gasteiger partial charge in [-0.2, -0.15) is 0 Å². The average molecular weight is 218 g/mol. The van der Waals surface area contributed by atoms with Gasteiger partial charge in [0.25, 0.3) is 8.32 Å². The minimum atomic E-state index is -2.50. The smallest absolute Gasteiger partial charge is 0.282 e. The van der Waals surface area contributed by atoms with E-state index in [9.17, 15) is 4.79 Å². The van der Waals surface area contributed by atoms with Crippen LogP contribution in [0.5, 0.6) is 0 Å². The van der Waals surface area contributed by atoms with E-state index < -0.39 is 14.4 Å². The Hall–Kier alpha value is -0.233. The lowest BCUT2D eigenvalue weighted by molar-refractivity contribution is -0.114. The molecule has 4 nitrogen and oxygen atoms in total. The summed E-state index contributed by atoms with van der Waals surface area (Å²) in [4.78, 5) is 12.0. The van der Waals surface area contributed by atoms with E-state index in [1.54, 1.807) is 14.0 Å². The van der Waals surface area contributed by atoms with E-state index in [2.05, 4.69) is 0 Å². The minimum absolute atomic E-state index is 0.0249. The molecule has 0 rings (SSSR count). The first-order valence-corrected chi connectivity index (χ1v) is 7.22. The molecule has 0 aromatic carbocycles. The van der Waals surface area contributed by atoms with Crippen LogP contribution in [0.15, 0.2) is 0 Å². The third-order valence-corrected chi connectivity index (χ3v) is 7.28. The number of rotatable bonds is 6. The Balaban J connectivity index is 4.92. The number of nitrogens with two attached hydrogens (primary N) is 2. The molecule has 4 N–H and O–H groups in total. The molecule has 0 heterocycles. The quantitative estimate of drug-likeness (QED) is 0.630. The number of hydrogen-bond donors (Lipinski definition) is 2. The van der Waals surface area contributed by atoms with Crippen molar-refractivity contribution in [2.75, 3.05) is 7.11 Å². The van der Waals surface area contributed by atoms with Crippen molar-refractivity contribution in [2.45, 2.75) is 44.9 Å². The van der Waals surface area contributed by atoms with E-state index in [4.69, 9.17) is 15.9 Å². The van der Waals surface area contributed by atoms with Gasteiger partial charge in [-0.15, -0.1) is 0 Å². The highest BCUT2D eigenvalue weighted by molar-refractivity contribution is 7.03. The van der Waals surface area contributed by atoms with Gasteiger partial charge in [-0.05, 0) is 19.9 Å². The van der Waals surface area contributed by atoms with E-state index in [0.29, 0.717) is 0 Å². The molecule has 0 aromatic rings. The zero-order valence-electron chi connectivity index (χ0n) is 9.54. The standard InChI is InChI=1S/C9H22N2O2Si/c1-5-6-14(13-4,8(3)11)9(12)7(2)10/h7-8H,5-6,10-11H2,1-4H3. The topological polar surface area (TPSA) is 78.3 Å². The number of carbonyl (C=O) groups excluding carboxylic acids is 1. The fourth-order valence-corrected chi connectivity index (χ4v) is 5.16. The molecule has 0 aliphatic carbocycles. The number of carbonyl (C=O) groups is 1. The molecule has 0 aromatic heterocycles. The van der Waals surface area contributed by atoms with E-state index in [1.165, 1.54) is 0 Å². The molecule has 3 atom stereocenters. The molecule has 84 valence electrons. The third-order valence-electron chi connectivity index (χ3n) is 2.55. The van der Waals surface area contributed by atoms with Gasteiger partial charge in [0.1, 0.15) is 0 Å². The van der Waals surface area contributed by atoms with Gasteiger partial charge >= 0.3 is 0 Å². The Labute approximate surface area is 87.1 Å². The van der Waals surface area contributed by atoms with Gasteiger partial charge in [-0.1, -0.05) is 13.3 Å². The first-order valence-electron chi connectivity index (χ1n) is 5.03. The van der Waals surface area contributed by atoms with Gasteiger partial charge in [0.05, 0.1) is 6.04 Å². The zero-order valence-corrected chi connectivity index (χ0v) is 10.5. The van der Waals surface area contributed by atoms with Gasteiger partial charge in [-0.25, -0.2) is 0 Å². The van der Waals surface area contributed by atoms with E-state index in [-0.39, 0.29) is 11.1 Å². The normalized spacial score (nSPS) is 19.9. The lowest BCUT2D eigenvalue weighted by Gasteiger charge is -2.32. The van der Waals surface area contributed by atoms with Crippen molar-refractivity contribution in [3.05, 3.63) is 0 Å². The molecule has 5 heteroatoms. The van der Waals surface area contributed by atoms with Crippen molar-refractivity contribution < 1.29 is 9.22 Å². The molecular formula is C9H22N2O2Si. The Morgan fingerprint density at radius 2 is 1.93 bits per heavy atom. The van der Waals surface area contributed by atoms with Crippen LogP contribution in [-0.4, -0.2) is 32.5 Å². The molecule has 0 aliphatic heterocycles. The summed E-state index contributed by atoms with van der Waals surface area (Å²) in [6, 6.07) is 0.279. The van der Waals surface area contributed by atoms with Crippen molar-refractivity contribution >= 4 is 13.7 Å². The first kappa shape index (κ1) is 13.8. The van der Waals surface area contributed by atoms with Crippen LogP contribution in [0.1, 0.15) is 27.2 Å². The molecule has 14 heavy (non-hydrogen) atoms. The monoisotopic (exact) mass is 218 g/mol. The molecule has 0 bridgehead atoms. The highest BCUT2D eigenvalue weighted by atomic mass is 28.4. The van der Waals surface area contributed by atoms with Crippen molar-refractivity contribution in [3.8, 4) is 0 Å². The summed E-state index contributed by atoms with van der Waals surface area (Å²) in [7, 11) is -0.924. The Kier molecular flexibility index (Phi) is 5.51. The largest absolute Gasteiger partial charge is 0.411 e. The lowest BCUT2D eigenvalue weighted by atomic mass is 10.4.